The Kier molecular flexibility index (Phi) is 9.34. The molecule has 3 aromatic rings. The summed E-state index contributed by atoms with van der Waals surface area (Å²) in [4.78, 5) is 15.5. The minimum atomic E-state index is -1.66. The van der Waals surface area contributed by atoms with Crippen LogP contribution in [-0.2, 0) is 14.3 Å². The molecule has 43 heavy (non-hydrogen) atoms. The standard InChI is InChI=1S/C28H29ClF4N4O6/c1-42-26-24(36-11-19(34-35-36)13-6-17(31)23(33)18(32)7-13)25(40)22(12-38)43-27(26)28(41)37(20-4-2-3-5-21(20)39)16-9-14(29)8-15(30)10-16/h6-11,20-22,24-27,38-40H,2-5,12H2,1H3/t20-,21-,22?,24?,25?,26?,27?/m0/s1. The molecule has 2 heterocycles. The van der Waals surface area contributed by atoms with E-state index in [0.717, 1.165) is 35.4 Å². The number of rotatable bonds is 7. The lowest BCUT2D eigenvalue weighted by atomic mass is 9.88. The van der Waals surface area contributed by atoms with Crippen molar-refractivity contribution in [2.75, 3.05) is 18.6 Å². The fraction of sp³-hybridized carbons (Fsp3) is 0.464. The molecule has 0 radical (unpaired) electrons. The van der Waals surface area contributed by atoms with Gasteiger partial charge in [-0.3, -0.25) is 4.79 Å². The molecule has 15 heteroatoms. The number of nitrogens with zero attached hydrogens (tertiary/aromatic N) is 4. The van der Waals surface area contributed by atoms with Crippen molar-refractivity contribution < 1.29 is 47.1 Å². The minimum Gasteiger partial charge on any atom is -0.394 e. The number of carbonyl (C=O) groups is 1. The van der Waals surface area contributed by atoms with Crippen LogP contribution in [0.15, 0.2) is 36.5 Å². The summed E-state index contributed by atoms with van der Waals surface area (Å²) in [5.74, 6) is -6.03. The maximum absolute atomic E-state index is 14.5. The van der Waals surface area contributed by atoms with Crippen molar-refractivity contribution in [1.29, 1.82) is 0 Å². The summed E-state index contributed by atoms with van der Waals surface area (Å²) in [6.45, 7) is -0.730. The first kappa shape index (κ1) is 31.3. The van der Waals surface area contributed by atoms with Gasteiger partial charge in [-0.2, -0.15) is 0 Å². The molecule has 1 saturated heterocycles. The zero-order valence-corrected chi connectivity index (χ0v) is 23.5. The van der Waals surface area contributed by atoms with Crippen molar-refractivity contribution in [2.45, 2.75) is 68.3 Å². The smallest absolute Gasteiger partial charge is 0.259 e. The number of halogens is 5. The predicted octanol–water partition coefficient (Wildman–Crippen LogP) is 3.17. The third-order valence-corrected chi connectivity index (χ3v) is 8.08. The summed E-state index contributed by atoms with van der Waals surface area (Å²) in [6, 6.07) is 2.96. The van der Waals surface area contributed by atoms with Crippen LogP contribution in [0.2, 0.25) is 5.02 Å². The number of anilines is 1. The third-order valence-electron chi connectivity index (χ3n) is 7.87. The number of aromatic nitrogens is 3. The average Bonchev–Trinajstić information content (AvgIpc) is 3.45. The van der Waals surface area contributed by atoms with Crippen LogP contribution in [0.1, 0.15) is 31.7 Å². The first-order chi connectivity index (χ1) is 20.5. The second-order valence-electron chi connectivity index (χ2n) is 10.6. The van der Waals surface area contributed by atoms with Gasteiger partial charge in [-0.15, -0.1) is 5.10 Å². The maximum Gasteiger partial charge on any atom is 0.259 e. The topological polar surface area (TPSA) is 130 Å². The number of methoxy groups -OCH3 is 1. The highest BCUT2D eigenvalue weighted by Crippen LogP contribution is 2.37. The molecule has 2 fully saturated rings. The molecule has 232 valence electrons. The van der Waals surface area contributed by atoms with E-state index >= 15 is 0 Å². The van der Waals surface area contributed by atoms with E-state index < -0.39 is 78.4 Å². The molecule has 2 aliphatic rings. The SMILES string of the molecule is COC1C(C(=O)N(c2cc(F)cc(Cl)c2)[C@H]2CCCC[C@@H]2O)OC(CO)C(O)C1n1cc(-c2cc(F)c(F)c(F)c2)nn1. The summed E-state index contributed by atoms with van der Waals surface area (Å²) in [5, 5.41) is 39.9. The van der Waals surface area contributed by atoms with Crippen LogP contribution in [0.5, 0.6) is 0 Å². The molecule has 0 spiro atoms. The Labute approximate surface area is 248 Å². The first-order valence-electron chi connectivity index (χ1n) is 13.5. The fourth-order valence-electron chi connectivity index (χ4n) is 5.81. The number of amides is 1. The Morgan fingerprint density at radius 2 is 1.81 bits per heavy atom. The molecular weight excluding hydrogens is 600 g/mol. The van der Waals surface area contributed by atoms with Crippen LogP contribution in [0.3, 0.4) is 0 Å². The molecule has 2 aromatic carbocycles. The number of hydrogen-bond donors (Lipinski definition) is 3. The monoisotopic (exact) mass is 628 g/mol. The molecule has 1 amide bonds. The van der Waals surface area contributed by atoms with E-state index in [0.29, 0.717) is 19.3 Å². The van der Waals surface area contributed by atoms with Crippen molar-refractivity contribution in [3.05, 3.63) is 64.8 Å². The van der Waals surface area contributed by atoms with Crippen LogP contribution >= 0.6 is 11.6 Å². The summed E-state index contributed by atoms with van der Waals surface area (Å²) < 4.78 is 68.3. The van der Waals surface area contributed by atoms with Crippen molar-refractivity contribution in [1.82, 2.24) is 15.0 Å². The lowest BCUT2D eigenvalue weighted by molar-refractivity contribution is -0.211. The summed E-state index contributed by atoms with van der Waals surface area (Å²) >= 11 is 6.12. The van der Waals surface area contributed by atoms with Crippen LogP contribution in [-0.4, -0.2) is 86.5 Å². The van der Waals surface area contributed by atoms with Crippen LogP contribution in [0.4, 0.5) is 23.2 Å². The molecule has 1 saturated carbocycles. The number of ether oxygens (including phenoxy) is 2. The minimum absolute atomic E-state index is 0.0105. The average molecular weight is 629 g/mol. The van der Waals surface area contributed by atoms with E-state index in [-0.39, 0.29) is 22.0 Å². The Morgan fingerprint density at radius 3 is 2.44 bits per heavy atom. The lowest BCUT2D eigenvalue weighted by Gasteiger charge is -2.46. The van der Waals surface area contributed by atoms with Gasteiger partial charge >= 0.3 is 0 Å². The van der Waals surface area contributed by atoms with Gasteiger partial charge in [0.25, 0.3) is 5.91 Å². The van der Waals surface area contributed by atoms with E-state index in [1.54, 1.807) is 0 Å². The Bertz CT molecular complexity index is 1440. The summed E-state index contributed by atoms with van der Waals surface area (Å²) in [5.41, 5.74) is -0.174. The maximum atomic E-state index is 14.5. The molecule has 0 bridgehead atoms. The highest BCUT2D eigenvalue weighted by atomic mass is 35.5. The van der Waals surface area contributed by atoms with E-state index in [9.17, 15) is 37.7 Å². The zero-order valence-electron chi connectivity index (χ0n) is 22.8. The highest BCUT2D eigenvalue weighted by Gasteiger charge is 2.52. The van der Waals surface area contributed by atoms with E-state index in [1.165, 1.54) is 24.3 Å². The van der Waals surface area contributed by atoms with E-state index in [4.69, 9.17) is 21.1 Å². The van der Waals surface area contributed by atoms with Crippen LogP contribution < -0.4 is 4.90 Å². The number of hydrogen-bond acceptors (Lipinski definition) is 8. The van der Waals surface area contributed by atoms with Gasteiger partial charge in [0.2, 0.25) is 0 Å². The van der Waals surface area contributed by atoms with E-state index in [2.05, 4.69) is 10.3 Å². The quantitative estimate of drug-likeness (QED) is 0.269. The van der Waals surface area contributed by atoms with Crippen molar-refractivity contribution in [3.63, 3.8) is 0 Å². The molecule has 1 aliphatic heterocycles. The van der Waals surface area contributed by atoms with Gasteiger partial charge in [-0.1, -0.05) is 29.7 Å². The molecule has 10 nitrogen and oxygen atoms in total. The summed E-state index contributed by atoms with van der Waals surface area (Å²) in [6.07, 6.45) is -3.24. The molecule has 3 N–H and O–H groups in total. The van der Waals surface area contributed by atoms with Gasteiger partial charge in [0.05, 0.1) is 24.9 Å². The molecule has 7 atom stereocenters. The molecule has 1 aromatic heterocycles. The van der Waals surface area contributed by atoms with Crippen molar-refractivity contribution in [3.8, 4) is 11.3 Å². The number of aliphatic hydroxyl groups is 3. The fourth-order valence-corrected chi connectivity index (χ4v) is 6.02. The summed E-state index contributed by atoms with van der Waals surface area (Å²) in [7, 11) is 1.24. The third kappa shape index (κ3) is 6.12. The molecule has 5 rings (SSSR count). The van der Waals surface area contributed by atoms with Crippen LogP contribution in [0.25, 0.3) is 11.3 Å². The second-order valence-corrected chi connectivity index (χ2v) is 11.0. The van der Waals surface area contributed by atoms with Gasteiger partial charge in [-0.25, -0.2) is 22.2 Å². The van der Waals surface area contributed by atoms with Crippen molar-refractivity contribution in [2.24, 2.45) is 0 Å². The first-order valence-corrected chi connectivity index (χ1v) is 13.9. The van der Waals surface area contributed by atoms with E-state index in [1.807, 2.05) is 0 Å². The molecular formula is C28H29ClF4N4O6. The Morgan fingerprint density at radius 1 is 1.12 bits per heavy atom. The molecule has 1 aliphatic carbocycles. The van der Waals surface area contributed by atoms with Gasteiger partial charge in [0, 0.05) is 23.4 Å². The Hall–Kier alpha value is -3.14. The zero-order chi connectivity index (χ0) is 31.0. The van der Waals surface area contributed by atoms with Crippen molar-refractivity contribution >= 4 is 23.2 Å². The second kappa shape index (κ2) is 12.8. The van der Waals surface area contributed by atoms with Gasteiger partial charge < -0.3 is 29.7 Å². The number of aliphatic hydroxyl groups excluding tert-OH is 3. The number of benzene rings is 2. The lowest BCUT2D eigenvalue weighted by Crippen LogP contribution is -2.63. The normalized spacial score (nSPS) is 27.7. The largest absolute Gasteiger partial charge is 0.394 e. The number of carbonyl (C=O) groups excluding carboxylic acids is 1. The van der Waals surface area contributed by atoms with Gasteiger partial charge in [0.15, 0.2) is 23.6 Å². The van der Waals surface area contributed by atoms with Crippen LogP contribution in [0, 0.1) is 23.3 Å². The predicted molar refractivity (Wildman–Crippen MR) is 144 cm³/mol. The Balaban J connectivity index is 1.55. The molecule has 5 unspecified atom stereocenters. The van der Waals surface area contributed by atoms with Gasteiger partial charge in [0.1, 0.15) is 35.9 Å². The van der Waals surface area contributed by atoms with Gasteiger partial charge in [-0.05, 0) is 43.2 Å². The highest BCUT2D eigenvalue weighted by molar-refractivity contribution is 6.31.